The second-order valence-corrected chi connectivity index (χ2v) is 7.23. The molecule has 2 aromatic rings. The fourth-order valence-corrected chi connectivity index (χ4v) is 2.41. The van der Waals surface area contributed by atoms with Crippen molar-refractivity contribution in [3.05, 3.63) is 63.6 Å². The number of hydrogen-bond acceptors (Lipinski definition) is 1. The van der Waals surface area contributed by atoms with Crippen LogP contribution < -0.4 is 5.32 Å². The zero-order valence-electron chi connectivity index (χ0n) is 13.8. The molecule has 0 bridgehead atoms. The van der Waals surface area contributed by atoms with Gasteiger partial charge < -0.3 is 5.32 Å². The average molecular weight is 370 g/mol. The molecule has 2 nitrogen and oxygen atoms in total. The number of amides is 1. The van der Waals surface area contributed by atoms with Crippen molar-refractivity contribution in [2.45, 2.75) is 27.7 Å². The van der Waals surface area contributed by atoms with Crippen molar-refractivity contribution in [3.8, 4) is 11.8 Å². The predicted octanol–water partition coefficient (Wildman–Crippen LogP) is 5.41. The van der Waals surface area contributed by atoms with Crippen LogP contribution in [0.2, 0.25) is 0 Å². The van der Waals surface area contributed by atoms with Crippen molar-refractivity contribution in [2.24, 2.45) is 5.41 Å². The molecule has 0 aliphatic carbocycles. The largest absolute Gasteiger partial charge is 0.321 e. The molecule has 1 amide bonds. The molecule has 0 fully saturated rings. The van der Waals surface area contributed by atoms with Crippen LogP contribution in [0.3, 0.4) is 0 Å². The maximum absolute atomic E-state index is 12.6. The van der Waals surface area contributed by atoms with Gasteiger partial charge in [-0.3, -0.25) is 4.79 Å². The Morgan fingerprint density at radius 1 is 1.09 bits per heavy atom. The second-order valence-electron chi connectivity index (χ2n) is 6.44. The van der Waals surface area contributed by atoms with Gasteiger partial charge in [-0.2, -0.15) is 0 Å². The smallest absolute Gasteiger partial charge is 0.256 e. The van der Waals surface area contributed by atoms with Crippen molar-refractivity contribution in [2.75, 3.05) is 5.32 Å². The third-order valence-corrected chi connectivity index (χ3v) is 4.24. The summed E-state index contributed by atoms with van der Waals surface area (Å²) in [5, 5.41) is 2.96. The molecule has 0 aliphatic heterocycles. The van der Waals surface area contributed by atoms with Crippen LogP contribution >= 0.6 is 15.9 Å². The number of carbonyl (C=O) groups is 1. The van der Waals surface area contributed by atoms with Crippen LogP contribution in [-0.2, 0) is 0 Å². The summed E-state index contributed by atoms with van der Waals surface area (Å²) in [7, 11) is 0. The number of hydrogen-bond donors (Lipinski definition) is 1. The summed E-state index contributed by atoms with van der Waals surface area (Å²) >= 11 is 3.48. The monoisotopic (exact) mass is 369 g/mol. The van der Waals surface area contributed by atoms with E-state index in [2.05, 4.69) is 53.9 Å². The molecule has 0 spiro atoms. The highest BCUT2D eigenvalue weighted by Crippen LogP contribution is 2.23. The van der Waals surface area contributed by atoms with Gasteiger partial charge in [0.25, 0.3) is 5.91 Å². The number of carbonyl (C=O) groups excluding carboxylic acids is 1. The molecule has 0 saturated heterocycles. The van der Waals surface area contributed by atoms with Crippen molar-refractivity contribution in [1.82, 2.24) is 0 Å². The van der Waals surface area contributed by atoms with E-state index in [4.69, 9.17) is 0 Å². The molecular weight excluding hydrogens is 350 g/mol. The Kier molecular flexibility index (Phi) is 5.28. The standard InChI is InChI=1S/C20H20BrNO/c1-14-8-7-10-16(18(14)21)19(23)22-17-11-6-5-9-15(17)12-13-20(2,3)4/h5-11H,1-4H3,(H,22,23). The first-order chi connectivity index (χ1) is 10.8. The van der Waals surface area contributed by atoms with Gasteiger partial charge in [-0.15, -0.1) is 0 Å². The predicted molar refractivity (Wildman–Crippen MR) is 99.6 cm³/mol. The Morgan fingerprint density at radius 3 is 2.48 bits per heavy atom. The number of para-hydroxylation sites is 1. The number of halogens is 1. The van der Waals surface area contributed by atoms with Gasteiger partial charge >= 0.3 is 0 Å². The van der Waals surface area contributed by atoms with Gasteiger partial charge in [-0.1, -0.05) is 36.1 Å². The molecule has 0 heterocycles. The lowest BCUT2D eigenvalue weighted by Gasteiger charge is -2.11. The van der Waals surface area contributed by atoms with Crippen molar-refractivity contribution >= 4 is 27.5 Å². The van der Waals surface area contributed by atoms with E-state index in [0.717, 1.165) is 21.3 Å². The quantitative estimate of drug-likeness (QED) is 0.704. The zero-order valence-corrected chi connectivity index (χ0v) is 15.4. The van der Waals surface area contributed by atoms with Crippen LogP contribution in [0.15, 0.2) is 46.9 Å². The highest BCUT2D eigenvalue weighted by atomic mass is 79.9. The molecule has 118 valence electrons. The van der Waals surface area contributed by atoms with Gasteiger partial charge in [0.05, 0.1) is 11.3 Å². The Morgan fingerprint density at radius 2 is 1.78 bits per heavy atom. The van der Waals surface area contributed by atoms with Gasteiger partial charge in [0, 0.05) is 15.5 Å². The fraction of sp³-hybridized carbons (Fsp3) is 0.250. The lowest BCUT2D eigenvalue weighted by atomic mass is 9.97. The summed E-state index contributed by atoms with van der Waals surface area (Å²) in [6.07, 6.45) is 0. The number of aryl methyl sites for hydroxylation is 1. The first-order valence-corrected chi connectivity index (χ1v) is 8.26. The molecule has 0 saturated carbocycles. The molecule has 2 rings (SSSR count). The molecule has 1 N–H and O–H groups in total. The summed E-state index contributed by atoms with van der Waals surface area (Å²) in [4.78, 5) is 12.6. The molecule has 0 aromatic heterocycles. The first kappa shape index (κ1) is 17.3. The van der Waals surface area contributed by atoms with Gasteiger partial charge in [-0.25, -0.2) is 0 Å². The molecular formula is C20H20BrNO. The molecule has 0 radical (unpaired) electrons. The summed E-state index contributed by atoms with van der Waals surface area (Å²) in [5.41, 5.74) is 3.10. The van der Waals surface area contributed by atoms with Gasteiger partial charge in [0.1, 0.15) is 0 Å². The third kappa shape index (κ3) is 4.71. The molecule has 0 aliphatic rings. The lowest BCUT2D eigenvalue weighted by Crippen LogP contribution is -2.14. The summed E-state index contributed by atoms with van der Waals surface area (Å²) in [6, 6.07) is 13.2. The Balaban J connectivity index is 2.32. The molecule has 23 heavy (non-hydrogen) atoms. The van der Waals surface area contributed by atoms with Crippen LogP contribution in [0.4, 0.5) is 5.69 Å². The SMILES string of the molecule is Cc1cccc(C(=O)Nc2ccccc2C#CC(C)(C)C)c1Br. The van der Waals surface area contributed by atoms with Crippen molar-refractivity contribution in [1.29, 1.82) is 0 Å². The van der Waals surface area contributed by atoms with E-state index in [0.29, 0.717) is 5.56 Å². The van der Waals surface area contributed by atoms with Gasteiger partial charge in [-0.05, 0) is 67.4 Å². The zero-order chi connectivity index (χ0) is 17.0. The molecule has 3 heteroatoms. The Hall–Kier alpha value is -2.05. The van der Waals surface area contributed by atoms with Crippen LogP contribution in [0, 0.1) is 24.2 Å². The van der Waals surface area contributed by atoms with Crippen molar-refractivity contribution in [3.63, 3.8) is 0 Å². The maximum Gasteiger partial charge on any atom is 0.256 e. The van der Waals surface area contributed by atoms with Crippen LogP contribution in [-0.4, -0.2) is 5.91 Å². The number of anilines is 1. The molecule has 0 atom stereocenters. The van der Waals surface area contributed by atoms with Gasteiger partial charge in [0.15, 0.2) is 0 Å². The highest BCUT2D eigenvalue weighted by Gasteiger charge is 2.13. The summed E-state index contributed by atoms with van der Waals surface area (Å²) in [5.74, 6) is 6.21. The minimum atomic E-state index is -0.148. The Bertz CT molecular complexity index is 791. The number of nitrogens with one attached hydrogen (secondary N) is 1. The van der Waals surface area contributed by atoms with Gasteiger partial charge in [0.2, 0.25) is 0 Å². The fourth-order valence-electron chi connectivity index (χ4n) is 1.97. The van der Waals surface area contributed by atoms with Crippen LogP contribution in [0.25, 0.3) is 0 Å². The number of rotatable bonds is 2. The van der Waals surface area contributed by atoms with Crippen LogP contribution in [0.5, 0.6) is 0 Å². The molecule has 2 aromatic carbocycles. The lowest BCUT2D eigenvalue weighted by molar-refractivity contribution is 0.102. The van der Waals surface area contributed by atoms with E-state index in [1.54, 1.807) is 6.07 Å². The highest BCUT2D eigenvalue weighted by molar-refractivity contribution is 9.10. The molecule has 0 unspecified atom stereocenters. The van der Waals surface area contributed by atoms with E-state index in [1.165, 1.54) is 0 Å². The van der Waals surface area contributed by atoms with E-state index in [-0.39, 0.29) is 11.3 Å². The van der Waals surface area contributed by atoms with Crippen LogP contribution in [0.1, 0.15) is 42.3 Å². The summed E-state index contributed by atoms with van der Waals surface area (Å²) < 4.78 is 0.816. The normalized spacial score (nSPS) is 10.7. The van der Waals surface area contributed by atoms with E-state index < -0.39 is 0 Å². The topological polar surface area (TPSA) is 29.1 Å². The Labute approximate surface area is 146 Å². The first-order valence-electron chi connectivity index (χ1n) is 7.46. The second kappa shape index (κ2) is 7.02. The van der Waals surface area contributed by atoms with E-state index in [9.17, 15) is 4.79 Å². The van der Waals surface area contributed by atoms with E-state index >= 15 is 0 Å². The maximum atomic E-state index is 12.6. The van der Waals surface area contributed by atoms with E-state index in [1.807, 2.05) is 43.3 Å². The third-order valence-electron chi connectivity index (χ3n) is 3.18. The minimum absolute atomic E-state index is 0.0866. The van der Waals surface area contributed by atoms with Crippen molar-refractivity contribution < 1.29 is 4.79 Å². The number of benzene rings is 2. The average Bonchev–Trinajstić information content (AvgIpc) is 2.48. The summed E-state index contributed by atoms with van der Waals surface area (Å²) in [6.45, 7) is 8.14. The minimum Gasteiger partial charge on any atom is -0.321 e.